The lowest BCUT2D eigenvalue weighted by atomic mass is 9.55. The average Bonchev–Trinajstić information content (AvgIpc) is 3.14. The Balaban J connectivity index is 1.51. The fourth-order valence-corrected chi connectivity index (χ4v) is 6.45. The van der Waals surface area contributed by atoms with E-state index in [0.717, 1.165) is 32.0 Å². The van der Waals surface area contributed by atoms with E-state index in [2.05, 4.69) is 13.0 Å². The number of ether oxygens (including phenoxy) is 2. The van der Waals surface area contributed by atoms with Crippen molar-refractivity contribution in [1.82, 2.24) is 0 Å². The minimum Gasteiger partial charge on any atom is -0.508 e. The number of rotatable bonds is 0. The highest BCUT2D eigenvalue weighted by Gasteiger charge is 2.64. The summed E-state index contributed by atoms with van der Waals surface area (Å²) in [5.74, 6) is 2.24. The Morgan fingerprint density at radius 1 is 1.09 bits per heavy atom. The molecule has 0 amide bonds. The van der Waals surface area contributed by atoms with Gasteiger partial charge in [0.1, 0.15) is 5.75 Å². The van der Waals surface area contributed by atoms with E-state index in [4.69, 9.17) is 9.47 Å². The molecule has 2 saturated carbocycles. The van der Waals surface area contributed by atoms with E-state index in [1.54, 1.807) is 0 Å². The van der Waals surface area contributed by atoms with Crippen LogP contribution >= 0.6 is 0 Å². The first kappa shape index (κ1) is 14.3. The van der Waals surface area contributed by atoms with Gasteiger partial charge in [0.2, 0.25) is 0 Å². The number of hydrogen-bond donors (Lipinski definition) is 1. The van der Waals surface area contributed by atoms with Gasteiger partial charge in [0, 0.05) is 11.8 Å². The zero-order valence-corrected chi connectivity index (χ0v) is 13.9. The number of benzene rings is 1. The second-order valence-electron chi connectivity index (χ2n) is 8.24. The molecule has 1 aliphatic heterocycles. The molecule has 0 bridgehead atoms. The first-order chi connectivity index (χ1) is 11.1. The quantitative estimate of drug-likeness (QED) is 0.787. The lowest BCUT2D eigenvalue weighted by Gasteiger charge is -2.52. The Morgan fingerprint density at radius 2 is 1.91 bits per heavy atom. The van der Waals surface area contributed by atoms with E-state index in [1.807, 2.05) is 12.1 Å². The molecule has 0 aromatic heterocycles. The Kier molecular flexibility index (Phi) is 2.94. The number of aryl methyl sites for hydroxylation is 1. The first-order valence-corrected chi connectivity index (χ1v) is 9.23. The van der Waals surface area contributed by atoms with Crippen molar-refractivity contribution in [2.45, 2.75) is 57.2 Å². The molecule has 5 rings (SSSR count). The summed E-state index contributed by atoms with van der Waals surface area (Å²) < 4.78 is 12.4. The monoisotopic (exact) mass is 314 g/mol. The van der Waals surface area contributed by atoms with E-state index < -0.39 is 0 Å². The van der Waals surface area contributed by atoms with E-state index in [-0.39, 0.29) is 11.2 Å². The number of phenols is 1. The molecule has 1 N–H and O–H groups in total. The fraction of sp³-hybridized carbons (Fsp3) is 0.700. The molecule has 1 aromatic rings. The van der Waals surface area contributed by atoms with Crippen LogP contribution in [0.3, 0.4) is 0 Å². The molecule has 1 aromatic carbocycles. The molecule has 124 valence electrons. The SMILES string of the molecule is C[C@]12CC[C@H]3c4ccc(O)cc4CC[C@H]3[C@@H]1CCC21OCCO1. The van der Waals surface area contributed by atoms with Crippen LogP contribution in [0.25, 0.3) is 0 Å². The van der Waals surface area contributed by atoms with Gasteiger partial charge in [-0.05, 0) is 73.1 Å². The van der Waals surface area contributed by atoms with Gasteiger partial charge in [-0.2, -0.15) is 0 Å². The summed E-state index contributed by atoms with van der Waals surface area (Å²) in [6.45, 7) is 3.95. The summed E-state index contributed by atoms with van der Waals surface area (Å²) in [5, 5.41) is 9.78. The maximum absolute atomic E-state index is 9.78. The van der Waals surface area contributed by atoms with Crippen molar-refractivity contribution in [3.05, 3.63) is 29.3 Å². The van der Waals surface area contributed by atoms with Gasteiger partial charge in [-0.3, -0.25) is 0 Å². The molecule has 1 spiro atoms. The third-order valence-electron chi connectivity index (χ3n) is 7.51. The van der Waals surface area contributed by atoms with Gasteiger partial charge in [-0.1, -0.05) is 13.0 Å². The summed E-state index contributed by atoms with van der Waals surface area (Å²) in [6.07, 6.45) is 7.08. The van der Waals surface area contributed by atoms with Crippen molar-refractivity contribution >= 4 is 0 Å². The maximum atomic E-state index is 9.78. The molecule has 0 unspecified atom stereocenters. The predicted molar refractivity (Wildman–Crippen MR) is 87.4 cm³/mol. The number of hydrogen-bond acceptors (Lipinski definition) is 3. The van der Waals surface area contributed by atoms with E-state index in [9.17, 15) is 5.11 Å². The zero-order valence-electron chi connectivity index (χ0n) is 13.9. The second kappa shape index (κ2) is 4.73. The highest BCUT2D eigenvalue weighted by molar-refractivity contribution is 5.40. The van der Waals surface area contributed by atoms with Crippen molar-refractivity contribution in [2.75, 3.05) is 13.2 Å². The molecule has 3 nitrogen and oxygen atoms in total. The van der Waals surface area contributed by atoms with Gasteiger partial charge < -0.3 is 14.6 Å². The van der Waals surface area contributed by atoms with E-state index in [0.29, 0.717) is 17.6 Å². The van der Waals surface area contributed by atoms with E-state index in [1.165, 1.54) is 36.8 Å². The Hall–Kier alpha value is -1.06. The van der Waals surface area contributed by atoms with Crippen LogP contribution in [-0.2, 0) is 15.9 Å². The number of phenolic OH excluding ortho intramolecular Hbond substituents is 1. The molecule has 1 heterocycles. The predicted octanol–water partition coefficient (Wildman–Crippen LogP) is 3.99. The molecule has 23 heavy (non-hydrogen) atoms. The van der Waals surface area contributed by atoms with Crippen LogP contribution in [0.1, 0.15) is 56.1 Å². The van der Waals surface area contributed by atoms with Crippen LogP contribution in [0, 0.1) is 17.3 Å². The van der Waals surface area contributed by atoms with Crippen molar-refractivity contribution in [3.8, 4) is 5.75 Å². The van der Waals surface area contributed by atoms with Crippen molar-refractivity contribution in [2.24, 2.45) is 17.3 Å². The summed E-state index contributed by atoms with van der Waals surface area (Å²) >= 11 is 0. The second-order valence-corrected chi connectivity index (χ2v) is 8.24. The highest BCUT2D eigenvalue weighted by Crippen LogP contribution is 2.66. The molecular formula is C20H26O3. The van der Waals surface area contributed by atoms with Crippen LogP contribution in [0.5, 0.6) is 5.75 Å². The zero-order chi connectivity index (χ0) is 15.7. The Morgan fingerprint density at radius 3 is 2.74 bits per heavy atom. The van der Waals surface area contributed by atoms with Crippen LogP contribution in [0.2, 0.25) is 0 Å². The van der Waals surface area contributed by atoms with Crippen molar-refractivity contribution in [3.63, 3.8) is 0 Å². The van der Waals surface area contributed by atoms with Gasteiger partial charge in [0.05, 0.1) is 13.2 Å². The molecule has 4 aliphatic rings. The summed E-state index contributed by atoms with van der Waals surface area (Å²) in [7, 11) is 0. The third-order valence-corrected chi connectivity index (χ3v) is 7.51. The largest absolute Gasteiger partial charge is 0.508 e. The molecular weight excluding hydrogens is 288 g/mol. The minimum absolute atomic E-state index is 0.180. The van der Waals surface area contributed by atoms with Gasteiger partial charge in [-0.25, -0.2) is 0 Å². The van der Waals surface area contributed by atoms with Crippen molar-refractivity contribution < 1.29 is 14.6 Å². The van der Waals surface area contributed by atoms with Gasteiger partial charge in [0.25, 0.3) is 0 Å². The minimum atomic E-state index is -0.294. The van der Waals surface area contributed by atoms with Crippen LogP contribution in [0.4, 0.5) is 0 Å². The van der Waals surface area contributed by atoms with Gasteiger partial charge in [-0.15, -0.1) is 0 Å². The molecule has 4 atom stereocenters. The number of aromatic hydroxyl groups is 1. The molecule has 3 aliphatic carbocycles. The molecule has 3 heteroatoms. The lowest BCUT2D eigenvalue weighted by molar-refractivity contribution is -0.237. The topological polar surface area (TPSA) is 38.7 Å². The summed E-state index contributed by atoms with van der Waals surface area (Å²) in [4.78, 5) is 0. The molecule has 3 fully saturated rings. The van der Waals surface area contributed by atoms with Crippen LogP contribution in [-0.4, -0.2) is 24.1 Å². The summed E-state index contributed by atoms with van der Waals surface area (Å²) in [5.41, 5.74) is 3.05. The molecule has 0 radical (unpaired) electrons. The van der Waals surface area contributed by atoms with Crippen LogP contribution < -0.4 is 0 Å². The maximum Gasteiger partial charge on any atom is 0.174 e. The standard InChI is InChI=1S/C20H26O3/c1-19-8-6-16-15-5-3-14(21)12-13(15)2-4-17(16)18(19)7-9-20(19)22-10-11-23-20/h3,5,12,16-18,21H,2,4,6-11H2,1H3/t16-,17+,18-,19-/m0/s1. The van der Waals surface area contributed by atoms with E-state index >= 15 is 0 Å². The van der Waals surface area contributed by atoms with Gasteiger partial charge in [0.15, 0.2) is 5.79 Å². The number of fused-ring (bicyclic) bond motifs is 6. The normalized spacial score (nSPS) is 40.7. The molecule has 1 saturated heterocycles. The third kappa shape index (κ3) is 1.78. The average molecular weight is 314 g/mol. The Labute approximate surface area is 138 Å². The lowest BCUT2D eigenvalue weighted by Crippen LogP contribution is -2.51. The Bertz CT molecular complexity index is 634. The summed E-state index contributed by atoms with van der Waals surface area (Å²) in [6, 6.07) is 6.03. The van der Waals surface area contributed by atoms with Crippen LogP contribution in [0.15, 0.2) is 18.2 Å². The first-order valence-electron chi connectivity index (χ1n) is 9.23. The van der Waals surface area contributed by atoms with Crippen molar-refractivity contribution in [1.29, 1.82) is 0 Å². The smallest absolute Gasteiger partial charge is 0.174 e. The highest BCUT2D eigenvalue weighted by atomic mass is 16.7. The van der Waals surface area contributed by atoms with Gasteiger partial charge >= 0.3 is 0 Å². The fourth-order valence-electron chi connectivity index (χ4n) is 6.45.